The van der Waals surface area contributed by atoms with Gasteiger partial charge in [0.15, 0.2) is 11.6 Å². The Balaban J connectivity index is 2.33. The van der Waals surface area contributed by atoms with Crippen molar-refractivity contribution < 1.29 is 23.2 Å². The normalized spacial score (nSPS) is 19.0. The maximum atomic E-state index is 14.0. The van der Waals surface area contributed by atoms with Gasteiger partial charge >= 0.3 is 7.12 Å². The van der Waals surface area contributed by atoms with Crippen LogP contribution >= 0.6 is 0 Å². The van der Waals surface area contributed by atoms with Crippen LogP contribution in [0.4, 0.5) is 4.39 Å². The molecule has 0 spiro atoms. The zero-order valence-electron chi connectivity index (χ0n) is 15.6. The maximum absolute atomic E-state index is 14.0. The molecule has 0 aliphatic carbocycles. The number of methoxy groups -OCH3 is 1. The highest BCUT2D eigenvalue weighted by Crippen LogP contribution is 2.38. The van der Waals surface area contributed by atoms with Crippen molar-refractivity contribution in [2.24, 2.45) is 0 Å². The Morgan fingerprint density at radius 3 is 2.36 bits per heavy atom. The van der Waals surface area contributed by atoms with Crippen molar-refractivity contribution in [1.82, 2.24) is 5.32 Å². The largest absolute Gasteiger partial charge is 0.494 e. The third-order valence-corrected chi connectivity index (χ3v) is 4.63. The molecule has 136 valence electrons. The lowest BCUT2D eigenvalue weighted by Gasteiger charge is -2.32. The topological polar surface area (TPSA) is 56.8 Å². The molecular formula is C18H25BFNO4. The van der Waals surface area contributed by atoms with Gasteiger partial charge < -0.3 is 19.4 Å². The fourth-order valence-electron chi connectivity index (χ4n) is 2.41. The predicted octanol–water partition coefficient (Wildman–Crippen LogP) is 2.99. The number of halogens is 1. The summed E-state index contributed by atoms with van der Waals surface area (Å²) in [6.45, 7) is 9.51. The van der Waals surface area contributed by atoms with Gasteiger partial charge in [-0.2, -0.15) is 0 Å². The number of amides is 1. The first-order valence-electron chi connectivity index (χ1n) is 8.20. The molecule has 1 aromatic rings. The minimum absolute atomic E-state index is 0.164. The number of carbonyl (C=O) groups is 1. The zero-order chi connectivity index (χ0) is 18.8. The second-order valence-corrected chi connectivity index (χ2v) is 7.11. The van der Waals surface area contributed by atoms with Crippen LogP contribution < -0.4 is 10.1 Å². The molecule has 2 rings (SSSR count). The summed E-state index contributed by atoms with van der Waals surface area (Å²) in [7, 11) is 0.794. The molecule has 5 nitrogen and oxygen atoms in total. The van der Waals surface area contributed by atoms with Crippen molar-refractivity contribution in [3.63, 3.8) is 0 Å². The monoisotopic (exact) mass is 349 g/mol. The molecule has 1 aliphatic heterocycles. The summed E-state index contributed by atoms with van der Waals surface area (Å²) >= 11 is 0. The molecule has 7 heteroatoms. The van der Waals surface area contributed by atoms with Gasteiger partial charge in [-0.15, -0.1) is 0 Å². The molecule has 1 aromatic carbocycles. The van der Waals surface area contributed by atoms with Crippen LogP contribution in [0.25, 0.3) is 6.08 Å². The van der Waals surface area contributed by atoms with Crippen LogP contribution in [-0.2, 0) is 14.1 Å². The van der Waals surface area contributed by atoms with E-state index < -0.39 is 24.1 Å². The molecule has 1 aliphatic rings. The smallest absolute Gasteiger partial charge is 0.492 e. The summed E-state index contributed by atoms with van der Waals surface area (Å²) in [5, 5.41) is 2.75. The number of hydrogen-bond acceptors (Lipinski definition) is 4. The Morgan fingerprint density at radius 1 is 1.28 bits per heavy atom. The predicted molar refractivity (Wildman–Crippen MR) is 95.7 cm³/mol. The SMILES string of the molecule is COc1ccc(C=C(CNC(C)=O)B2OC(C)(C)C(C)(C)O2)cc1F. The highest BCUT2D eigenvalue weighted by Gasteiger charge is 2.52. The van der Waals surface area contributed by atoms with Gasteiger partial charge in [-0.3, -0.25) is 4.79 Å². The van der Waals surface area contributed by atoms with Crippen LogP contribution in [0.5, 0.6) is 5.75 Å². The van der Waals surface area contributed by atoms with Crippen LogP contribution in [-0.4, -0.2) is 37.9 Å². The van der Waals surface area contributed by atoms with Gasteiger partial charge in [0.2, 0.25) is 5.91 Å². The lowest BCUT2D eigenvalue weighted by Crippen LogP contribution is -2.41. The molecule has 0 atom stereocenters. The highest BCUT2D eigenvalue weighted by molar-refractivity contribution is 6.56. The summed E-state index contributed by atoms with van der Waals surface area (Å²) in [5.41, 5.74) is 0.336. The molecule has 0 aromatic heterocycles. The van der Waals surface area contributed by atoms with Crippen LogP contribution in [0.3, 0.4) is 0 Å². The van der Waals surface area contributed by atoms with E-state index in [-0.39, 0.29) is 18.2 Å². The molecule has 1 fully saturated rings. The summed E-state index contributed by atoms with van der Waals surface area (Å²) in [6.07, 6.45) is 1.76. The fourth-order valence-corrected chi connectivity index (χ4v) is 2.41. The number of benzene rings is 1. The van der Waals surface area contributed by atoms with Crippen molar-refractivity contribution >= 4 is 19.1 Å². The molecule has 25 heavy (non-hydrogen) atoms. The van der Waals surface area contributed by atoms with Crippen molar-refractivity contribution in [2.45, 2.75) is 45.8 Å². The number of ether oxygens (including phenoxy) is 1. The molecular weight excluding hydrogens is 324 g/mol. The summed E-state index contributed by atoms with van der Waals surface area (Å²) in [5.74, 6) is -0.441. The van der Waals surface area contributed by atoms with Crippen molar-refractivity contribution in [2.75, 3.05) is 13.7 Å². The quantitative estimate of drug-likeness (QED) is 0.831. The third-order valence-electron chi connectivity index (χ3n) is 4.63. The highest BCUT2D eigenvalue weighted by atomic mass is 19.1. The van der Waals surface area contributed by atoms with E-state index >= 15 is 0 Å². The minimum atomic E-state index is -0.623. The van der Waals surface area contributed by atoms with Crippen molar-refractivity contribution in [3.8, 4) is 5.75 Å². The van der Waals surface area contributed by atoms with Crippen LogP contribution in [0.2, 0.25) is 0 Å². The summed E-state index contributed by atoms with van der Waals surface area (Å²) < 4.78 is 31.0. The standard InChI is InChI=1S/C18H25BFNO4/c1-12(22)21-11-14(19-24-17(2,3)18(4,5)25-19)9-13-7-8-16(23-6)15(20)10-13/h7-10H,11H2,1-6H3,(H,21,22). The molecule has 1 heterocycles. The first-order chi connectivity index (χ1) is 11.6. The number of hydrogen-bond donors (Lipinski definition) is 1. The van der Waals surface area contributed by atoms with Crippen LogP contribution in [0.1, 0.15) is 40.2 Å². The zero-order valence-corrected chi connectivity index (χ0v) is 15.6. The average molecular weight is 349 g/mol. The van der Waals surface area contributed by atoms with Crippen molar-refractivity contribution in [1.29, 1.82) is 0 Å². The lowest BCUT2D eigenvalue weighted by atomic mass is 9.77. The van der Waals surface area contributed by atoms with Gasteiger partial charge in [0.1, 0.15) is 0 Å². The van der Waals surface area contributed by atoms with E-state index in [4.69, 9.17) is 14.0 Å². The van der Waals surface area contributed by atoms with E-state index in [1.807, 2.05) is 27.7 Å². The Bertz CT molecular complexity index is 672. The summed E-state index contributed by atoms with van der Waals surface area (Å²) in [6, 6.07) is 4.67. The van der Waals surface area contributed by atoms with Gasteiger partial charge in [-0.25, -0.2) is 4.39 Å². The molecule has 0 bridgehead atoms. The third kappa shape index (κ3) is 4.41. The number of carbonyl (C=O) groups excluding carboxylic acids is 1. The van der Waals surface area contributed by atoms with E-state index in [1.54, 1.807) is 18.2 Å². The van der Waals surface area contributed by atoms with Crippen molar-refractivity contribution in [3.05, 3.63) is 35.1 Å². The second-order valence-electron chi connectivity index (χ2n) is 7.11. The molecule has 0 unspecified atom stereocenters. The van der Waals surface area contributed by atoms with Gasteiger partial charge in [-0.05, 0) is 50.9 Å². The van der Waals surface area contributed by atoms with Gasteiger partial charge in [0.25, 0.3) is 0 Å². The van der Waals surface area contributed by atoms with Crippen LogP contribution in [0, 0.1) is 5.82 Å². The lowest BCUT2D eigenvalue weighted by molar-refractivity contribution is -0.118. The van der Waals surface area contributed by atoms with E-state index in [0.717, 1.165) is 0 Å². The van der Waals surface area contributed by atoms with E-state index in [2.05, 4.69) is 5.32 Å². The molecule has 1 amide bonds. The first kappa shape index (κ1) is 19.5. The van der Waals surface area contributed by atoms with Crippen LogP contribution in [0.15, 0.2) is 23.7 Å². The molecule has 1 saturated heterocycles. The molecule has 1 N–H and O–H groups in total. The number of nitrogens with one attached hydrogen (secondary N) is 1. The van der Waals surface area contributed by atoms with E-state index in [9.17, 15) is 9.18 Å². The Hall–Kier alpha value is -1.86. The first-order valence-corrected chi connectivity index (χ1v) is 8.20. The van der Waals surface area contributed by atoms with Gasteiger partial charge in [0, 0.05) is 13.5 Å². The summed E-state index contributed by atoms with van der Waals surface area (Å²) in [4.78, 5) is 11.3. The second kappa shape index (κ2) is 7.18. The minimum Gasteiger partial charge on any atom is -0.494 e. The van der Waals surface area contributed by atoms with E-state index in [1.165, 1.54) is 20.1 Å². The Labute approximate surface area is 148 Å². The Kier molecular flexibility index (Phi) is 5.59. The van der Waals surface area contributed by atoms with Gasteiger partial charge in [-0.1, -0.05) is 12.1 Å². The maximum Gasteiger partial charge on any atom is 0.492 e. The van der Waals surface area contributed by atoms with E-state index in [0.29, 0.717) is 11.0 Å². The Morgan fingerprint density at radius 2 is 1.88 bits per heavy atom. The fraction of sp³-hybridized carbons (Fsp3) is 0.500. The molecule has 0 saturated carbocycles. The van der Waals surface area contributed by atoms with Gasteiger partial charge in [0.05, 0.1) is 18.3 Å². The number of rotatable bonds is 5. The average Bonchev–Trinajstić information content (AvgIpc) is 2.71. The molecule has 0 radical (unpaired) electrons.